The Hall–Kier alpha value is -14.9. The molecule has 25 nitrogen and oxygen atoms in total. The molecule has 0 bridgehead atoms. The van der Waals surface area contributed by atoms with Gasteiger partial charge in [0.1, 0.15) is 71.0 Å². The Morgan fingerprint density at radius 1 is 0.273 bits per heavy atom. The van der Waals surface area contributed by atoms with Crippen molar-refractivity contribution in [2.45, 2.75) is 156 Å². The summed E-state index contributed by atoms with van der Waals surface area (Å²) in [5, 5.41) is 0. The van der Waals surface area contributed by atoms with Crippen LogP contribution in [0.2, 0.25) is 0 Å². The number of thioether (sulfide) groups is 1. The molecule has 0 amide bonds. The van der Waals surface area contributed by atoms with Gasteiger partial charge in [0, 0.05) is 27.7 Å². The van der Waals surface area contributed by atoms with E-state index in [1.54, 1.807) is 60.7 Å². The molecular formula is C106H100O25S. The molecule has 0 saturated carbocycles. The lowest BCUT2D eigenvalue weighted by Crippen LogP contribution is -2.61. The lowest BCUT2D eigenvalue weighted by Gasteiger charge is -2.44. The summed E-state index contributed by atoms with van der Waals surface area (Å²) in [6, 6.07) is 83.7. The number of hydrogen-bond donors (Lipinski definition) is 0. The van der Waals surface area contributed by atoms with Gasteiger partial charge >= 0.3 is 47.8 Å². The Bertz CT molecular complexity index is 5630. The SMILES string of the molecule is CCCCCCCCS[C@@H]1O[C@H](COC(=O)c2cc(OC(C)=O)c(OCc3ccccc3)c(OC(C)=O)c2)[C@@H](OC(=O)c2cc(OC(C)=O)c(OCc3ccccc3)c(OC(C)=O)c2)[C@H](OC(=O)c2cc(OCc3ccccc3)c(OCc3ccccc3)c(OCc3ccccc3)c2)[C@H]1OC(=O)c1cc(OCc2ccccc2)c(OCc2ccccc2)c(OCc2ccccc2)c1. The van der Waals surface area contributed by atoms with Crippen LogP contribution in [0.3, 0.4) is 0 Å². The van der Waals surface area contributed by atoms with E-state index >= 15 is 19.2 Å². The van der Waals surface area contributed by atoms with Gasteiger partial charge in [-0.1, -0.05) is 282 Å². The van der Waals surface area contributed by atoms with E-state index in [-0.39, 0.29) is 133 Å². The van der Waals surface area contributed by atoms with E-state index in [1.165, 1.54) is 24.3 Å². The minimum atomic E-state index is -2.12. The topological polar surface area (TPSA) is 293 Å². The molecule has 1 heterocycles. The van der Waals surface area contributed by atoms with Gasteiger partial charge in [-0.05, 0) is 105 Å². The molecule has 1 aliphatic heterocycles. The predicted octanol–water partition coefficient (Wildman–Crippen LogP) is 20.7. The Morgan fingerprint density at radius 2 is 0.508 bits per heavy atom. The first kappa shape index (κ1) is 94.7. The van der Waals surface area contributed by atoms with E-state index in [4.69, 9.17) is 80.5 Å². The van der Waals surface area contributed by atoms with Gasteiger partial charge in [0.15, 0.2) is 64.3 Å². The van der Waals surface area contributed by atoms with Crippen molar-refractivity contribution in [3.8, 4) is 69.0 Å². The number of esters is 8. The molecule has 1 saturated heterocycles. The summed E-state index contributed by atoms with van der Waals surface area (Å²) in [6.45, 7) is 5.12. The molecule has 12 aromatic rings. The van der Waals surface area contributed by atoms with Crippen molar-refractivity contribution in [3.05, 3.63) is 358 Å². The lowest BCUT2D eigenvalue weighted by atomic mass is 9.98. The molecule has 0 unspecified atom stereocenters. The van der Waals surface area contributed by atoms with Crippen LogP contribution in [-0.2, 0) is 95.7 Å². The maximum atomic E-state index is 16.6. The van der Waals surface area contributed by atoms with Gasteiger partial charge < -0.3 is 80.5 Å². The van der Waals surface area contributed by atoms with Crippen LogP contribution in [0.15, 0.2) is 291 Å². The second-order valence-corrected chi connectivity index (χ2v) is 31.9. The molecule has 0 N–H and O–H groups in total. The second kappa shape index (κ2) is 48.5. The molecule has 12 aromatic carbocycles. The van der Waals surface area contributed by atoms with Crippen LogP contribution < -0.4 is 56.8 Å². The van der Waals surface area contributed by atoms with Gasteiger partial charge in [-0.25, -0.2) is 19.2 Å². The van der Waals surface area contributed by atoms with Gasteiger partial charge in [0.25, 0.3) is 0 Å². The summed E-state index contributed by atoms with van der Waals surface area (Å²) < 4.78 is 110. The molecule has 0 spiro atoms. The Balaban J connectivity index is 1.00. The number of carbonyl (C=O) groups excluding carboxylic acids is 8. The summed E-state index contributed by atoms with van der Waals surface area (Å²) in [6.07, 6.45) is -2.89. The van der Waals surface area contributed by atoms with Gasteiger partial charge in [-0.2, -0.15) is 0 Å². The highest BCUT2D eigenvalue weighted by Crippen LogP contribution is 2.47. The molecule has 1 aliphatic rings. The zero-order valence-corrected chi connectivity index (χ0v) is 74.3. The quantitative estimate of drug-likeness (QED) is 0.0148. The van der Waals surface area contributed by atoms with Crippen LogP contribution >= 0.6 is 11.8 Å². The fourth-order valence-corrected chi connectivity index (χ4v) is 15.2. The van der Waals surface area contributed by atoms with Gasteiger partial charge in [0.05, 0.1) is 22.3 Å². The fraction of sp³-hybridized carbons (Fsp3) is 0.245. The number of unbranched alkanes of at least 4 members (excludes halogenated alkanes) is 5. The summed E-state index contributed by atoms with van der Waals surface area (Å²) in [5.74, 6) is -9.81. The Kier molecular flexibility index (Phi) is 34.8. The van der Waals surface area contributed by atoms with E-state index in [9.17, 15) is 19.2 Å². The summed E-state index contributed by atoms with van der Waals surface area (Å²) >= 11 is 1.15. The molecule has 0 radical (unpaired) electrons. The average Bonchev–Trinajstić information content (AvgIpc) is 0.765. The van der Waals surface area contributed by atoms with Crippen molar-refractivity contribution in [2.24, 2.45) is 0 Å². The highest BCUT2D eigenvalue weighted by molar-refractivity contribution is 7.99. The van der Waals surface area contributed by atoms with Crippen LogP contribution in [0.1, 0.15) is 159 Å². The van der Waals surface area contributed by atoms with Crippen LogP contribution in [0.25, 0.3) is 0 Å². The fourth-order valence-electron chi connectivity index (χ4n) is 14.0. The molecule has 26 heteroatoms. The third kappa shape index (κ3) is 28.1. The molecule has 13 rings (SSSR count). The van der Waals surface area contributed by atoms with Crippen LogP contribution in [0.4, 0.5) is 0 Å². The van der Waals surface area contributed by atoms with Crippen LogP contribution in [0, 0.1) is 0 Å². The highest BCUT2D eigenvalue weighted by atomic mass is 32.2. The first-order valence-corrected chi connectivity index (χ1v) is 44.2. The zero-order chi connectivity index (χ0) is 92.3. The Morgan fingerprint density at radius 3 is 0.788 bits per heavy atom. The van der Waals surface area contributed by atoms with Gasteiger partial charge in [0.2, 0.25) is 23.0 Å². The maximum absolute atomic E-state index is 16.6. The molecule has 1 fully saturated rings. The highest BCUT2D eigenvalue weighted by Gasteiger charge is 2.54. The Labute approximate surface area is 769 Å². The number of rotatable bonds is 45. The number of hydrogen-bond acceptors (Lipinski definition) is 26. The minimum Gasteiger partial charge on any atom is -0.485 e. The van der Waals surface area contributed by atoms with E-state index in [0.29, 0.717) is 17.5 Å². The van der Waals surface area contributed by atoms with Crippen molar-refractivity contribution < 1.29 is 119 Å². The third-order valence-corrected chi connectivity index (χ3v) is 21.6. The minimum absolute atomic E-state index is 0.00188. The molecule has 680 valence electrons. The summed E-state index contributed by atoms with van der Waals surface area (Å²) in [4.78, 5) is 117. The van der Waals surface area contributed by atoms with Crippen molar-refractivity contribution in [1.29, 1.82) is 0 Å². The van der Waals surface area contributed by atoms with Gasteiger partial charge in [-0.15, -0.1) is 11.8 Å². The van der Waals surface area contributed by atoms with E-state index in [1.807, 2.05) is 182 Å². The van der Waals surface area contributed by atoms with Crippen LogP contribution in [0.5, 0.6) is 69.0 Å². The molecule has 0 aliphatic carbocycles. The zero-order valence-electron chi connectivity index (χ0n) is 73.5. The lowest BCUT2D eigenvalue weighted by molar-refractivity contribution is -0.207. The van der Waals surface area contributed by atoms with Crippen molar-refractivity contribution in [1.82, 2.24) is 0 Å². The molecular weight excluding hydrogens is 1710 g/mol. The van der Waals surface area contributed by atoms with Crippen molar-refractivity contribution in [2.75, 3.05) is 12.4 Å². The molecule has 5 atom stereocenters. The van der Waals surface area contributed by atoms with E-state index in [0.717, 1.165) is 129 Å². The largest absolute Gasteiger partial charge is 0.485 e. The smallest absolute Gasteiger partial charge is 0.338 e. The third-order valence-electron chi connectivity index (χ3n) is 20.4. The van der Waals surface area contributed by atoms with E-state index < -0.39 is 101 Å². The number of benzene rings is 12. The summed E-state index contributed by atoms with van der Waals surface area (Å²) in [5.41, 5.74) is 3.02. The average molecular weight is 1810 g/mol. The van der Waals surface area contributed by atoms with Crippen molar-refractivity contribution >= 4 is 59.5 Å². The second-order valence-electron chi connectivity index (χ2n) is 30.7. The first-order valence-electron chi connectivity index (χ1n) is 43.2. The van der Waals surface area contributed by atoms with Crippen molar-refractivity contribution in [3.63, 3.8) is 0 Å². The van der Waals surface area contributed by atoms with Crippen LogP contribution in [-0.4, -0.2) is 90.0 Å². The maximum Gasteiger partial charge on any atom is 0.338 e. The normalized spacial score (nSPS) is 14.3. The molecule has 132 heavy (non-hydrogen) atoms. The van der Waals surface area contributed by atoms with Gasteiger partial charge in [-0.3, -0.25) is 19.2 Å². The number of carbonyl (C=O) groups is 8. The predicted molar refractivity (Wildman–Crippen MR) is 490 cm³/mol. The molecule has 0 aromatic heterocycles. The van der Waals surface area contributed by atoms with E-state index in [2.05, 4.69) is 6.92 Å². The first-order chi connectivity index (χ1) is 64.3. The number of ether oxygens (including phenoxy) is 17. The summed E-state index contributed by atoms with van der Waals surface area (Å²) in [7, 11) is 0. The monoisotopic (exact) mass is 1800 g/mol. The standard InChI is InChI=1S/C106H100O25S/c1-6-7-8-9-10-35-52-132-106-101(131-105(114)84-55-88(117-63-76-40-23-13-24-41-76)96(120-66-79-46-29-16-30-47-79)89(56-84)118-64-77-42-25-14-26-43-77)100(130-104(113)83-53-86(115-61-74-36-19-11-20-37-74)95(119-65-78-44-27-15-28-45-78)87(54-83)116-62-75-38-21-12-22-39-75)99(129-103(112)85-59-92(126-72(4)109)98(93(60-85)127-73(5)110)122-68-81-50-33-18-34-51-81)94(128-106)69-123-102(111)82-57-90(124-70(2)107)97(91(58-82)125-71(3)108)121-67-80-48-31-17-32-49-80/h11-34,36-51,53-60,94,99-101,106H,6-10,35,52,61-69H2,1-5H3/t94-,99-,100+,101-,106+/m1/s1.